The Kier molecular flexibility index (Phi) is 5.30. The van der Waals surface area contributed by atoms with Crippen molar-refractivity contribution in [1.29, 1.82) is 0 Å². The lowest BCUT2D eigenvalue weighted by molar-refractivity contribution is 0.307. The maximum atomic E-state index is 14.4. The Morgan fingerprint density at radius 2 is 1.83 bits per heavy atom. The van der Waals surface area contributed by atoms with Crippen LogP contribution in [0.5, 0.6) is 5.75 Å². The smallest absolute Gasteiger partial charge is 0.229 e. The first-order valence-corrected chi connectivity index (χ1v) is 11.5. The van der Waals surface area contributed by atoms with E-state index in [0.717, 1.165) is 40.2 Å². The van der Waals surface area contributed by atoms with Gasteiger partial charge < -0.3 is 4.74 Å². The molecular formula is C23H19ClFNO3S. The molecule has 0 atom stereocenters. The molecule has 0 fully saturated rings. The van der Waals surface area contributed by atoms with E-state index in [1.807, 2.05) is 49.4 Å². The standard InChI is InChI=1S/C23H19ClFNO3S/c1-14(15-10-18(25)12-19(11-15)26-30(2,27)28)23-20-8-7-17(24)9-16(20)13-29-22-6-4-3-5-21(22)23/h3-12,26H,13H2,1-2H3/b23-14+. The SMILES string of the molecule is C/C(=C1/c2ccc(Cl)cc2COc2ccccc21)c1cc(F)cc(NS(C)(=O)=O)c1. The predicted octanol–water partition coefficient (Wildman–Crippen LogP) is 5.72. The van der Waals surface area contributed by atoms with Crippen molar-refractivity contribution < 1.29 is 17.5 Å². The van der Waals surface area contributed by atoms with Crippen LogP contribution in [0.2, 0.25) is 5.02 Å². The van der Waals surface area contributed by atoms with Gasteiger partial charge in [-0.2, -0.15) is 0 Å². The minimum absolute atomic E-state index is 0.168. The maximum absolute atomic E-state index is 14.4. The van der Waals surface area contributed by atoms with Crippen LogP contribution in [0.3, 0.4) is 0 Å². The van der Waals surface area contributed by atoms with E-state index in [1.165, 1.54) is 6.07 Å². The molecule has 0 saturated carbocycles. The number of hydrogen-bond acceptors (Lipinski definition) is 3. The second-order valence-corrected chi connectivity index (χ2v) is 9.37. The quantitative estimate of drug-likeness (QED) is 0.563. The van der Waals surface area contributed by atoms with Gasteiger partial charge in [0.05, 0.1) is 11.9 Å². The highest BCUT2D eigenvalue weighted by Gasteiger charge is 2.22. The second-order valence-electron chi connectivity index (χ2n) is 7.19. The van der Waals surface area contributed by atoms with Gasteiger partial charge in [-0.05, 0) is 71.2 Å². The van der Waals surface area contributed by atoms with Gasteiger partial charge in [-0.25, -0.2) is 12.8 Å². The van der Waals surface area contributed by atoms with Gasteiger partial charge in [0.25, 0.3) is 0 Å². The molecule has 0 aliphatic carbocycles. The Labute approximate surface area is 180 Å². The lowest BCUT2D eigenvalue weighted by Gasteiger charge is -2.16. The van der Waals surface area contributed by atoms with Crippen molar-refractivity contribution in [2.75, 3.05) is 11.0 Å². The third-order valence-corrected chi connectivity index (χ3v) is 5.73. The van der Waals surface area contributed by atoms with Crippen LogP contribution < -0.4 is 9.46 Å². The van der Waals surface area contributed by atoms with Crippen molar-refractivity contribution in [1.82, 2.24) is 0 Å². The van der Waals surface area contributed by atoms with E-state index in [-0.39, 0.29) is 5.69 Å². The molecule has 0 unspecified atom stereocenters. The Bertz CT molecular complexity index is 1290. The van der Waals surface area contributed by atoms with Gasteiger partial charge in [-0.3, -0.25) is 4.72 Å². The summed E-state index contributed by atoms with van der Waals surface area (Å²) in [6.07, 6.45) is 1.03. The number of rotatable bonds is 3. The fraction of sp³-hybridized carbons (Fsp3) is 0.130. The average molecular weight is 444 g/mol. The molecule has 1 heterocycles. The highest BCUT2D eigenvalue weighted by Crippen LogP contribution is 2.42. The number of fused-ring (bicyclic) bond motifs is 2. The van der Waals surface area contributed by atoms with Gasteiger partial charge in [0.2, 0.25) is 10.0 Å². The molecule has 7 heteroatoms. The lowest BCUT2D eigenvalue weighted by Crippen LogP contribution is -2.10. The van der Waals surface area contributed by atoms with Crippen molar-refractivity contribution in [2.45, 2.75) is 13.5 Å². The van der Waals surface area contributed by atoms with Crippen LogP contribution in [-0.2, 0) is 16.6 Å². The normalized spacial score (nSPS) is 14.8. The van der Waals surface area contributed by atoms with Crippen LogP contribution in [-0.4, -0.2) is 14.7 Å². The molecular weight excluding hydrogens is 425 g/mol. The molecule has 0 bridgehead atoms. The number of halogens is 2. The third-order valence-electron chi connectivity index (χ3n) is 4.89. The lowest BCUT2D eigenvalue weighted by atomic mass is 9.88. The molecule has 0 amide bonds. The average Bonchev–Trinajstić information content (AvgIpc) is 2.82. The van der Waals surface area contributed by atoms with Gasteiger partial charge in [0.1, 0.15) is 18.2 Å². The zero-order valence-corrected chi connectivity index (χ0v) is 17.9. The van der Waals surface area contributed by atoms with Crippen molar-refractivity contribution >= 4 is 38.5 Å². The highest BCUT2D eigenvalue weighted by atomic mass is 35.5. The van der Waals surface area contributed by atoms with E-state index in [4.69, 9.17) is 16.3 Å². The van der Waals surface area contributed by atoms with E-state index >= 15 is 0 Å². The van der Waals surface area contributed by atoms with E-state index in [0.29, 0.717) is 22.9 Å². The molecule has 0 spiro atoms. The molecule has 154 valence electrons. The fourth-order valence-electron chi connectivity index (χ4n) is 3.65. The molecule has 30 heavy (non-hydrogen) atoms. The molecule has 1 N–H and O–H groups in total. The minimum Gasteiger partial charge on any atom is -0.488 e. The summed E-state index contributed by atoms with van der Waals surface area (Å²) in [5.74, 6) is 0.179. The first-order chi connectivity index (χ1) is 14.2. The molecule has 4 nitrogen and oxygen atoms in total. The van der Waals surface area contributed by atoms with Crippen LogP contribution in [0.1, 0.15) is 29.2 Å². The van der Waals surface area contributed by atoms with E-state index in [1.54, 1.807) is 6.07 Å². The number of nitrogens with one attached hydrogen (secondary N) is 1. The van der Waals surface area contributed by atoms with Crippen LogP contribution >= 0.6 is 11.6 Å². The highest BCUT2D eigenvalue weighted by molar-refractivity contribution is 7.92. The number of hydrogen-bond donors (Lipinski definition) is 1. The van der Waals surface area contributed by atoms with Gasteiger partial charge in [-0.15, -0.1) is 0 Å². The predicted molar refractivity (Wildman–Crippen MR) is 119 cm³/mol. The molecule has 0 aromatic heterocycles. The van der Waals surface area contributed by atoms with Gasteiger partial charge in [0, 0.05) is 10.6 Å². The van der Waals surface area contributed by atoms with Crippen LogP contribution in [0.25, 0.3) is 11.1 Å². The summed E-state index contributed by atoms with van der Waals surface area (Å²) in [4.78, 5) is 0. The number of benzene rings is 3. The largest absolute Gasteiger partial charge is 0.488 e. The molecule has 1 aliphatic heterocycles. The zero-order valence-electron chi connectivity index (χ0n) is 16.4. The van der Waals surface area contributed by atoms with Crippen molar-refractivity contribution in [2.24, 2.45) is 0 Å². The summed E-state index contributed by atoms with van der Waals surface area (Å²) in [6, 6.07) is 17.4. The minimum atomic E-state index is -3.54. The first-order valence-electron chi connectivity index (χ1n) is 9.22. The number of para-hydroxylation sites is 1. The molecule has 0 saturated heterocycles. The van der Waals surface area contributed by atoms with Gasteiger partial charge in [0.15, 0.2) is 0 Å². The molecule has 0 radical (unpaired) electrons. The van der Waals surface area contributed by atoms with Crippen molar-refractivity contribution in [3.8, 4) is 5.75 Å². The number of allylic oxidation sites excluding steroid dienone is 1. The molecule has 1 aliphatic rings. The van der Waals surface area contributed by atoms with E-state index in [2.05, 4.69) is 4.72 Å². The zero-order chi connectivity index (χ0) is 21.5. The van der Waals surface area contributed by atoms with Crippen molar-refractivity contribution in [3.63, 3.8) is 0 Å². The summed E-state index contributed by atoms with van der Waals surface area (Å²) in [7, 11) is -3.54. The number of sulfonamides is 1. The summed E-state index contributed by atoms with van der Waals surface area (Å²) >= 11 is 6.20. The maximum Gasteiger partial charge on any atom is 0.229 e. The summed E-state index contributed by atoms with van der Waals surface area (Å²) in [5.41, 5.74) is 5.12. The summed E-state index contributed by atoms with van der Waals surface area (Å²) in [5, 5.41) is 0.603. The number of anilines is 1. The van der Waals surface area contributed by atoms with Crippen LogP contribution in [0.15, 0.2) is 60.7 Å². The second kappa shape index (κ2) is 7.78. The van der Waals surface area contributed by atoms with Crippen molar-refractivity contribution in [3.05, 3.63) is 93.8 Å². The number of ether oxygens (including phenoxy) is 1. The summed E-state index contributed by atoms with van der Waals surface area (Å²) in [6.45, 7) is 2.24. The monoisotopic (exact) mass is 443 g/mol. The first kappa shape index (κ1) is 20.4. The van der Waals surface area contributed by atoms with Gasteiger partial charge >= 0.3 is 0 Å². The van der Waals surface area contributed by atoms with Gasteiger partial charge in [-0.1, -0.05) is 35.9 Å². The molecule has 3 aromatic rings. The Hall–Kier alpha value is -2.83. The molecule has 4 rings (SSSR count). The van der Waals surface area contributed by atoms with Crippen LogP contribution in [0.4, 0.5) is 10.1 Å². The van der Waals surface area contributed by atoms with Crippen LogP contribution in [0, 0.1) is 5.82 Å². The summed E-state index contributed by atoms with van der Waals surface area (Å²) < 4.78 is 46.0. The Morgan fingerprint density at radius 3 is 2.60 bits per heavy atom. The Morgan fingerprint density at radius 1 is 1.07 bits per heavy atom. The van der Waals surface area contributed by atoms with E-state index in [9.17, 15) is 12.8 Å². The third kappa shape index (κ3) is 4.20. The molecule has 3 aromatic carbocycles. The fourth-order valence-corrected chi connectivity index (χ4v) is 4.39. The van der Waals surface area contributed by atoms with E-state index < -0.39 is 15.8 Å². The Balaban J connectivity index is 1.98. The topological polar surface area (TPSA) is 55.4 Å².